The first-order valence-corrected chi connectivity index (χ1v) is 17.0. The van der Waals surface area contributed by atoms with Gasteiger partial charge < -0.3 is 0 Å². The van der Waals surface area contributed by atoms with E-state index in [4.69, 9.17) is 0 Å². The van der Waals surface area contributed by atoms with E-state index in [0.29, 0.717) is 0 Å². The van der Waals surface area contributed by atoms with Crippen LogP contribution in [0.25, 0.3) is 22.4 Å². The minimum absolute atomic E-state index is 0. The molecule has 0 nitrogen and oxygen atoms in total. The van der Waals surface area contributed by atoms with Crippen LogP contribution in [0.5, 0.6) is 0 Å². The third-order valence-corrected chi connectivity index (χ3v) is 11.2. The van der Waals surface area contributed by atoms with Gasteiger partial charge in [0.25, 0.3) is 0 Å². The van der Waals surface area contributed by atoms with Gasteiger partial charge in [0.05, 0.1) is 0 Å². The maximum absolute atomic E-state index is 3.93. The fourth-order valence-corrected chi connectivity index (χ4v) is 8.34. The number of hydrogen-bond acceptors (Lipinski definition) is 0. The Labute approximate surface area is 182 Å². The fourth-order valence-electron chi connectivity index (χ4n) is 3.92. The number of fused-ring (bicyclic) bond motifs is 1. The summed E-state index contributed by atoms with van der Waals surface area (Å²) in [6, 6.07) is 24.3. The van der Waals surface area contributed by atoms with E-state index >= 15 is 0 Å². The Kier molecular flexibility index (Phi) is 9.17. The van der Waals surface area contributed by atoms with Gasteiger partial charge in [-0.25, -0.2) is 0 Å². The molecule has 0 spiro atoms. The Balaban J connectivity index is 0.00000280. The van der Waals surface area contributed by atoms with Gasteiger partial charge in [0, 0.05) is 0 Å². The molecular weight excluding hydrogens is 529 g/mol. The molecule has 1 atom stereocenters. The first-order chi connectivity index (χ1) is 13.3. The van der Waals surface area contributed by atoms with E-state index in [0.717, 1.165) is 3.48 Å². The van der Waals surface area contributed by atoms with Gasteiger partial charge in [-0.2, -0.15) is 0 Å². The Morgan fingerprint density at radius 3 is 2.46 bits per heavy atom. The van der Waals surface area contributed by atoms with Crippen LogP contribution in [-0.2, 0) is 0 Å². The second kappa shape index (κ2) is 11.4. The molecule has 0 amide bonds. The predicted molar refractivity (Wildman–Crippen MR) is 128 cm³/mol. The first kappa shape index (κ1) is 22.6. The van der Waals surface area contributed by atoms with Crippen molar-refractivity contribution in [2.75, 3.05) is 0 Å². The average Bonchev–Trinajstić information content (AvgIpc) is 2.72. The van der Waals surface area contributed by atoms with Gasteiger partial charge in [-0.1, -0.05) is 7.43 Å². The van der Waals surface area contributed by atoms with Crippen molar-refractivity contribution in [2.45, 2.75) is 41.6 Å². The molecule has 1 heteroatoms. The van der Waals surface area contributed by atoms with Crippen LogP contribution in [0.2, 0.25) is 7.96 Å². The van der Waals surface area contributed by atoms with Crippen molar-refractivity contribution in [3.8, 4) is 0 Å². The van der Waals surface area contributed by atoms with E-state index < -0.39 is 24.2 Å². The van der Waals surface area contributed by atoms with Crippen LogP contribution >= 0.6 is 0 Å². The molecule has 0 heterocycles. The summed E-state index contributed by atoms with van der Waals surface area (Å²) in [7, 11) is 0. The molecule has 0 aliphatic carbocycles. The Bertz CT molecular complexity index is 1020. The zero-order chi connectivity index (χ0) is 19.1. The standard InChI is InChI=1S/C25H25.CH4.CH3.Tl/c1-3-5-6-18-24(22-16-9-7-13-20(22)12-4-2)25-19-11-15-21-14-8-10-17-23(21)25;;;/h4,6-17,19H,2-3,5,18H2,1H3;1H4;1H3;/b20-12-,24-22+;;;. The van der Waals surface area contributed by atoms with Crippen LogP contribution in [0.4, 0.5) is 0 Å². The van der Waals surface area contributed by atoms with E-state index in [2.05, 4.69) is 90.8 Å². The van der Waals surface area contributed by atoms with Gasteiger partial charge in [-0.3, -0.25) is 0 Å². The van der Waals surface area contributed by atoms with Gasteiger partial charge in [0.1, 0.15) is 0 Å². The van der Waals surface area contributed by atoms with Crippen molar-refractivity contribution >= 4 is 46.7 Å². The van der Waals surface area contributed by atoms with Crippen LogP contribution in [0.3, 0.4) is 0 Å². The van der Waals surface area contributed by atoms with E-state index in [-0.39, 0.29) is 7.43 Å². The molecule has 0 aromatic heterocycles. The summed E-state index contributed by atoms with van der Waals surface area (Å²) in [6.45, 7) is 6.26. The van der Waals surface area contributed by atoms with Crippen molar-refractivity contribution < 1.29 is 0 Å². The van der Waals surface area contributed by atoms with Gasteiger partial charge in [-0.05, 0) is 0 Å². The van der Waals surface area contributed by atoms with E-state index in [1.807, 2.05) is 6.08 Å². The SMILES string of the molecule is C.C=C/C=c1/cccc/c1=C(/C[CH](CCC)[Tl][CH3])c1cccc2ccccc12. The van der Waals surface area contributed by atoms with Gasteiger partial charge in [0.15, 0.2) is 0 Å². The third-order valence-electron chi connectivity index (χ3n) is 5.30. The maximum atomic E-state index is 3.93. The van der Waals surface area contributed by atoms with E-state index in [1.165, 1.54) is 51.6 Å². The van der Waals surface area contributed by atoms with Crippen molar-refractivity contribution in [3.63, 3.8) is 0 Å². The molecule has 1 unspecified atom stereocenters. The molecule has 0 bridgehead atoms. The molecule has 3 aromatic carbocycles. The molecule has 0 saturated carbocycles. The molecule has 0 radical (unpaired) electrons. The van der Waals surface area contributed by atoms with Crippen LogP contribution < -0.4 is 10.4 Å². The monoisotopic (exact) mass is 561 g/mol. The zero-order valence-corrected chi connectivity index (χ0v) is 21.0. The van der Waals surface area contributed by atoms with Crippen molar-refractivity contribution in [2.24, 2.45) is 0 Å². The van der Waals surface area contributed by atoms with E-state index in [1.54, 1.807) is 0 Å². The average molecular weight is 561 g/mol. The Hall–Kier alpha value is -1.68. The summed E-state index contributed by atoms with van der Waals surface area (Å²) in [5, 5.41) is 5.33. The predicted octanol–water partition coefficient (Wildman–Crippen LogP) is 6.37. The van der Waals surface area contributed by atoms with Crippen LogP contribution in [0.15, 0.2) is 79.4 Å². The number of benzene rings is 3. The molecule has 143 valence electrons. The van der Waals surface area contributed by atoms with Crippen molar-refractivity contribution in [1.82, 2.24) is 0 Å². The summed E-state index contributed by atoms with van der Waals surface area (Å²) >= 11 is -0.702. The summed E-state index contributed by atoms with van der Waals surface area (Å²) < 4.78 is 3.45. The molecule has 3 aromatic rings. The topological polar surface area (TPSA) is 0 Å². The fraction of sp³-hybridized carbons (Fsp3) is 0.259. The summed E-state index contributed by atoms with van der Waals surface area (Å²) in [5.41, 5.74) is 2.91. The molecule has 0 fully saturated rings. The molecule has 0 N–H and O–H groups in total. The minimum atomic E-state index is -0.702. The van der Waals surface area contributed by atoms with E-state index in [9.17, 15) is 0 Å². The molecular formula is C27H32Tl. The zero-order valence-electron chi connectivity index (χ0n) is 16.5. The second-order valence-electron chi connectivity index (χ2n) is 7.08. The number of rotatable bonds is 7. The molecule has 28 heavy (non-hydrogen) atoms. The Morgan fingerprint density at radius 1 is 1.00 bits per heavy atom. The summed E-state index contributed by atoms with van der Waals surface area (Å²) in [4.78, 5) is 0. The van der Waals surface area contributed by atoms with Crippen LogP contribution in [0.1, 0.15) is 39.2 Å². The van der Waals surface area contributed by atoms with Crippen LogP contribution in [-0.4, -0.2) is 24.2 Å². The van der Waals surface area contributed by atoms with Gasteiger partial charge >= 0.3 is 176 Å². The number of hydrogen-bond donors (Lipinski definition) is 0. The normalized spacial score (nSPS) is 13.4. The Morgan fingerprint density at radius 2 is 1.71 bits per heavy atom. The van der Waals surface area contributed by atoms with Gasteiger partial charge in [0.2, 0.25) is 0 Å². The summed E-state index contributed by atoms with van der Waals surface area (Å²) in [5.74, 6) is 0. The molecule has 0 aliphatic rings. The van der Waals surface area contributed by atoms with Crippen LogP contribution in [0, 0.1) is 0 Å². The first-order valence-electron chi connectivity index (χ1n) is 9.97. The van der Waals surface area contributed by atoms with Crippen molar-refractivity contribution in [1.29, 1.82) is 0 Å². The third kappa shape index (κ3) is 5.22. The quantitative estimate of drug-likeness (QED) is 0.295. The number of allylic oxidation sites excluding steroid dienone is 1. The summed E-state index contributed by atoms with van der Waals surface area (Å²) in [6.07, 6.45) is 7.91. The molecule has 0 aliphatic heterocycles. The molecule has 3 rings (SSSR count). The second-order valence-corrected chi connectivity index (χ2v) is 13.3. The van der Waals surface area contributed by atoms with Gasteiger partial charge in [-0.15, -0.1) is 0 Å². The van der Waals surface area contributed by atoms with Crippen molar-refractivity contribution in [3.05, 3.63) is 95.4 Å². The molecule has 0 saturated heterocycles.